The minimum atomic E-state index is -0.278. The molecule has 0 saturated carbocycles. The first-order valence-electron chi connectivity index (χ1n) is 6.92. The fourth-order valence-corrected chi connectivity index (χ4v) is 2.77. The molecule has 3 aromatic rings. The predicted molar refractivity (Wildman–Crippen MR) is 89.5 cm³/mol. The number of carbonyl (C=O) groups excluding carboxylic acids is 1. The molecule has 10 heteroatoms. The molecule has 0 saturated heterocycles. The Balaban J connectivity index is 1.67. The summed E-state index contributed by atoms with van der Waals surface area (Å²) in [5.41, 5.74) is 1.81. The van der Waals surface area contributed by atoms with Gasteiger partial charge in [0.1, 0.15) is 6.33 Å². The number of thioether (sulfide) groups is 1. The molecule has 0 bridgehead atoms. The molecule has 3 rings (SSSR count). The molecule has 24 heavy (non-hydrogen) atoms. The third-order valence-electron chi connectivity index (χ3n) is 3.06. The van der Waals surface area contributed by atoms with E-state index in [1.54, 1.807) is 17.8 Å². The average Bonchev–Trinajstić information content (AvgIpc) is 3.17. The van der Waals surface area contributed by atoms with Crippen molar-refractivity contribution < 1.29 is 9.32 Å². The monoisotopic (exact) mass is 364 g/mol. The number of amides is 1. The Kier molecular flexibility index (Phi) is 4.81. The smallest absolute Gasteiger partial charge is 0.315 e. The number of anilines is 1. The number of halogens is 1. The van der Waals surface area contributed by atoms with Gasteiger partial charge in [0, 0.05) is 5.02 Å². The third-order valence-corrected chi connectivity index (χ3v) is 4.41. The molecule has 8 nitrogen and oxygen atoms in total. The Labute approximate surface area is 146 Å². The summed E-state index contributed by atoms with van der Waals surface area (Å²) < 4.78 is 6.60. The quantitative estimate of drug-likeness (QED) is 0.695. The molecular formula is C14H13ClN6O2S. The fraction of sp³-hybridized carbons (Fsp3) is 0.214. The highest BCUT2D eigenvalue weighted by atomic mass is 35.5. The van der Waals surface area contributed by atoms with Crippen LogP contribution in [0.1, 0.15) is 11.4 Å². The maximum atomic E-state index is 11.9. The summed E-state index contributed by atoms with van der Waals surface area (Å²) in [6, 6.07) is 5.73. The van der Waals surface area contributed by atoms with E-state index in [1.165, 1.54) is 11.8 Å². The van der Waals surface area contributed by atoms with Crippen molar-refractivity contribution in [3.63, 3.8) is 0 Å². The van der Waals surface area contributed by atoms with Crippen molar-refractivity contribution in [1.82, 2.24) is 24.9 Å². The number of carbonyl (C=O) groups is 1. The third kappa shape index (κ3) is 3.74. The van der Waals surface area contributed by atoms with Crippen molar-refractivity contribution >= 4 is 35.3 Å². The number of rotatable bonds is 5. The zero-order valence-corrected chi connectivity index (χ0v) is 14.4. The van der Waals surface area contributed by atoms with Gasteiger partial charge in [0.05, 0.1) is 11.4 Å². The number of hydrogen-bond donors (Lipinski definition) is 1. The van der Waals surface area contributed by atoms with Crippen LogP contribution in [-0.2, 0) is 4.79 Å². The Hall–Kier alpha value is -2.39. The lowest BCUT2D eigenvalue weighted by molar-refractivity contribution is -0.114. The highest BCUT2D eigenvalue weighted by Gasteiger charge is 2.13. The van der Waals surface area contributed by atoms with Crippen molar-refractivity contribution in [2.45, 2.75) is 19.0 Å². The highest BCUT2D eigenvalue weighted by molar-refractivity contribution is 7.99. The van der Waals surface area contributed by atoms with Crippen LogP contribution < -0.4 is 5.32 Å². The van der Waals surface area contributed by atoms with Gasteiger partial charge in [-0.3, -0.25) is 14.7 Å². The van der Waals surface area contributed by atoms with Crippen LogP contribution in [0.5, 0.6) is 0 Å². The van der Waals surface area contributed by atoms with Gasteiger partial charge in [0.25, 0.3) is 0 Å². The number of aromatic nitrogens is 5. The molecule has 124 valence electrons. The summed E-state index contributed by atoms with van der Waals surface area (Å²) in [5, 5.41) is 15.3. The van der Waals surface area contributed by atoms with Gasteiger partial charge >= 0.3 is 6.01 Å². The van der Waals surface area contributed by atoms with Gasteiger partial charge in [0.2, 0.25) is 5.91 Å². The van der Waals surface area contributed by atoms with Crippen molar-refractivity contribution in [2.24, 2.45) is 0 Å². The Morgan fingerprint density at radius 2 is 2.25 bits per heavy atom. The van der Waals surface area contributed by atoms with Gasteiger partial charge in [-0.1, -0.05) is 34.6 Å². The van der Waals surface area contributed by atoms with E-state index in [1.807, 2.05) is 25.1 Å². The predicted octanol–water partition coefficient (Wildman–Crippen LogP) is 2.65. The molecule has 0 fully saturated rings. The molecule has 1 amide bonds. The Morgan fingerprint density at radius 1 is 1.42 bits per heavy atom. The van der Waals surface area contributed by atoms with Crippen molar-refractivity contribution in [3.8, 4) is 5.69 Å². The number of nitrogens with one attached hydrogen (secondary N) is 1. The van der Waals surface area contributed by atoms with E-state index in [0.29, 0.717) is 16.0 Å². The van der Waals surface area contributed by atoms with Crippen LogP contribution in [0.3, 0.4) is 0 Å². The van der Waals surface area contributed by atoms with Crippen LogP contribution in [0.4, 0.5) is 6.01 Å². The van der Waals surface area contributed by atoms with Crippen molar-refractivity contribution in [2.75, 3.05) is 11.1 Å². The Bertz CT molecular complexity index is 878. The maximum Gasteiger partial charge on any atom is 0.328 e. The minimum Gasteiger partial charge on any atom is -0.315 e. The van der Waals surface area contributed by atoms with E-state index in [4.69, 9.17) is 16.1 Å². The lowest BCUT2D eigenvalue weighted by atomic mass is 10.2. The van der Waals surface area contributed by atoms with E-state index in [2.05, 4.69) is 25.7 Å². The summed E-state index contributed by atoms with van der Waals surface area (Å²) in [6.07, 6.45) is 1.57. The fourth-order valence-electron chi connectivity index (χ4n) is 1.86. The first kappa shape index (κ1) is 16.5. The minimum absolute atomic E-state index is 0.0740. The molecule has 2 heterocycles. The normalized spacial score (nSPS) is 10.8. The number of aryl methyl sites for hydroxylation is 2. The first-order chi connectivity index (χ1) is 11.5. The van der Waals surface area contributed by atoms with Gasteiger partial charge in [-0.25, -0.2) is 0 Å². The number of nitrogens with zero attached hydrogens (tertiary/aromatic N) is 5. The van der Waals surface area contributed by atoms with Crippen molar-refractivity contribution in [3.05, 3.63) is 40.9 Å². The van der Waals surface area contributed by atoms with E-state index in [0.717, 1.165) is 11.3 Å². The van der Waals surface area contributed by atoms with Crippen LogP contribution >= 0.6 is 23.4 Å². The lowest BCUT2D eigenvalue weighted by Crippen LogP contribution is -2.14. The van der Waals surface area contributed by atoms with Crippen LogP contribution in [-0.4, -0.2) is 36.6 Å². The topological polar surface area (TPSA) is 98.7 Å². The largest absolute Gasteiger partial charge is 0.328 e. The molecule has 2 aromatic heterocycles. The summed E-state index contributed by atoms with van der Waals surface area (Å²) in [7, 11) is 0. The second-order valence-electron chi connectivity index (χ2n) is 4.90. The molecule has 0 aliphatic carbocycles. The molecule has 1 aromatic carbocycles. The number of benzene rings is 1. The molecule has 0 unspecified atom stereocenters. The van der Waals surface area contributed by atoms with Crippen molar-refractivity contribution in [1.29, 1.82) is 0 Å². The van der Waals surface area contributed by atoms with E-state index in [9.17, 15) is 4.79 Å². The first-order valence-corrected chi connectivity index (χ1v) is 8.29. The number of hydrogen-bond acceptors (Lipinski definition) is 7. The lowest BCUT2D eigenvalue weighted by Gasteiger charge is -2.07. The van der Waals surface area contributed by atoms with Crippen LogP contribution in [0.2, 0.25) is 5.02 Å². The molecule has 0 aliphatic heterocycles. The van der Waals surface area contributed by atoms with Crippen LogP contribution in [0.25, 0.3) is 5.69 Å². The average molecular weight is 365 g/mol. The van der Waals surface area contributed by atoms with E-state index >= 15 is 0 Å². The summed E-state index contributed by atoms with van der Waals surface area (Å²) in [6.45, 7) is 3.60. The second-order valence-corrected chi connectivity index (χ2v) is 6.25. The molecule has 1 N–H and O–H groups in total. The van der Waals surface area contributed by atoms with Crippen LogP contribution in [0.15, 0.2) is 34.2 Å². The zero-order chi connectivity index (χ0) is 17.1. The summed E-state index contributed by atoms with van der Waals surface area (Å²) >= 11 is 7.39. The van der Waals surface area contributed by atoms with Crippen LogP contribution in [0, 0.1) is 13.8 Å². The maximum absolute atomic E-state index is 11.9. The highest BCUT2D eigenvalue weighted by Crippen LogP contribution is 2.23. The molecule has 0 radical (unpaired) electrons. The second kappa shape index (κ2) is 7.02. The molecule has 0 aliphatic rings. The molecule has 0 atom stereocenters. The SMILES string of the molecule is Cc1noc(NC(=O)CSc2nncn2-c2ccc(C)c(Cl)c2)n1. The van der Waals surface area contributed by atoms with E-state index < -0.39 is 0 Å². The Morgan fingerprint density at radius 3 is 2.96 bits per heavy atom. The standard InChI is InChI=1S/C14H13ClN6O2S/c1-8-3-4-10(5-11(8)15)21-7-16-19-14(21)24-6-12(22)18-13-17-9(2)20-23-13/h3-5,7H,6H2,1-2H3,(H,17,18,20,22). The van der Waals surface area contributed by atoms with Gasteiger partial charge < -0.3 is 4.52 Å². The van der Waals surface area contributed by atoms with Gasteiger partial charge in [0.15, 0.2) is 11.0 Å². The van der Waals surface area contributed by atoms with Gasteiger partial charge in [-0.05, 0) is 31.5 Å². The van der Waals surface area contributed by atoms with Gasteiger partial charge in [-0.15, -0.1) is 10.2 Å². The van der Waals surface area contributed by atoms with Gasteiger partial charge in [-0.2, -0.15) is 4.98 Å². The van der Waals surface area contributed by atoms with E-state index in [-0.39, 0.29) is 17.7 Å². The molecular weight excluding hydrogens is 352 g/mol. The summed E-state index contributed by atoms with van der Waals surface area (Å²) in [5.74, 6) is 0.300. The zero-order valence-electron chi connectivity index (χ0n) is 12.9. The summed E-state index contributed by atoms with van der Waals surface area (Å²) in [4.78, 5) is 15.8. The molecule has 0 spiro atoms.